The number of unbranched alkanes of at least 4 members (excludes halogenated alkanes) is 1. The van der Waals surface area contributed by atoms with Gasteiger partial charge in [-0.25, -0.2) is 0 Å². The van der Waals surface area contributed by atoms with Gasteiger partial charge in [-0.3, -0.25) is 0 Å². The maximum Gasteiger partial charge on any atom is -0.0276 e. The molecule has 0 unspecified atom stereocenters. The highest BCUT2D eigenvalue weighted by Gasteiger charge is 2.02. The van der Waals surface area contributed by atoms with Gasteiger partial charge in [-0.05, 0) is 55.9 Å². The van der Waals surface area contributed by atoms with Gasteiger partial charge in [0, 0.05) is 0 Å². The summed E-state index contributed by atoms with van der Waals surface area (Å²) in [6.07, 6.45) is 3.83. The Morgan fingerprint density at radius 2 is 1.69 bits per heavy atom. The van der Waals surface area contributed by atoms with Crippen LogP contribution >= 0.6 is 0 Å². The van der Waals surface area contributed by atoms with Gasteiger partial charge >= 0.3 is 0 Å². The molecule has 0 bridgehead atoms. The molecule has 0 fully saturated rings. The summed E-state index contributed by atoms with van der Waals surface area (Å²) in [5.74, 6) is 0. The van der Waals surface area contributed by atoms with Crippen molar-refractivity contribution in [1.29, 1.82) is 0 Å². The lowest BCUT2D eigenvalue weighted by atomic mass is 9.96. The van der Waals surface area contributed by atoms with Crippen LogP contribution in [0, 0.1) is 20.8 Å². The van der Waals surface area contributed by atoms with Crippen molar-refractivity contribution in [2.75, 3.05) is 0 Å². The van der Waals surface area contributed by atoms with E-state index in [2.05, 4.69) is 39.8 Å². The van der Waals surface area contributed by atoms with Gasteiger partial charge in [-0.15, -0.1) is 0 Å². The highest BCUT2D eigenvalue weighted by Crippen LogP contribution is 2.18. The standard InChI is InChI=1S/C13H20/c1-5-6-7-13-9-8-10(2)11(3)12(13)4/h8-9H,5-7H2,1-4H3. The number of benzene rings is 1. The SMILES string of the molecule is CCCCc1ccc(C)c(C)c1C. The zero-order chi connectivity index (χ0) is 9.84. The summed E-state index contributed by atoms with van der Waals surface area (Å²) in [5, 5.41) is 0. The van der Waals surface area contributed by atoms with E-state index in [0.717, 1.165) is 0 Å². The smallest absolute Gasteiger partial charge is 0.0276 e. The molecule has 0 aliphatic carbocycles. The van der Waals surface area contributed by atoms with Gasteiger partial charge in [-0.1, -0.05) is 25.5 Å². The molecule has 0 atom stereocenters. The highest BCUT2D eigenvalue weighted by molar-refractivity contribution is 5.38. The molecule has 0 spiro atoms. The van der Waals surface area contributed by atoms with Crippen LogP contribution in [0.1, 0.15) is 42.0 Å². The van der Waals surface area contributed by atoms with Crippen molar-refractivity contribution in [3.8, 4) is 0 Å². The Hall–Kier alpha value is -0.780. The summed E-state index contributed by atoms with van der Waals surface area (Å²) in [5.41, 5.74) is 5.91. The molecule has 0 aliphatic heterocycles. The van der Waals surface area contributed by atoms with Gasteiger partial charge in [0.1, 0.15) is 0 Å². The molecule has 1 rings (SSSR count). The third kappa shape index (κ3) is 2.33. The third-order valence-corrected chi connectivity index (χ3v) is 2.97. The molecule has 0 nitrogen and oxygen atoms in total. The molecule has 1 aromatic carbocycles. The average molecular weight is 176 g/mol. The Morgan fingerprint density at radius 1 is 1.00 bits per heavy atom. The second-order valence-electron chi connectivity index (χ2n) is 3.90. The molecule has 1 aromatic rings. The first-order chi connectivity index (χ1) is 6.16. The van der Waals surface area contributed by atoms with Gasteiger partial charge in [0.15, 0.2) is 0 Å². The second-order valence-corrected chi connectivity index (χ2v) is 3.90. The Bertz CT molecular complexity index is 284. The van der Waals surface area contributed by atoms with Crippen molar-refractivity contribution in [3.05, 3.63) is 34.4 Å². The van der Waals surface area contributed by atoms with E-state index in [9.17, 15) is 0 Å². The highest BCUT2D eigenvalue weighted by atomic mass is 14.1. The Morgan fingerprint density at radius 3 is 2.31 bits per heavy atom. The lowest BCUT2D eigenvalue weighted by Gasteiger charge is -2.10. The van der Waals surface area contributed by atoms with Crippen molar-refractivity contribution in [3.63, 3.8) is 0 Å². The zero-order valence-corrected chi connectivity index (χ0v) is 9.28. The van der Waals surface area contributed by atoms with Crippen LogP contribution in [0.25, 0.3) is 0 Å². The van der Waals surface area contributed by atoms with Gasteiger partial charge in [-0.2, -0.15) is 0 Å². The summed E-state index contributed by atoms with van der Waals surface area (Å²) in [7, 11) is 0. The first-order valence-corrected chi connectivity index (χ1v) is 5.22. The fourth-order valence-electron chi connectivity index (χ4n) is 1.65. The van der Waals surface area contributed by atoms with Crippen LogP contribution in [0.3, 0.4) is 0 Å². The number of rotatable bonds is 3. The lowest BCUT2D eigenvalue weighted by Crippen LogP contribution is -1.94. The zero-order valence-electron chi connectivity index (χ0n) is 9.28. The average Bonchev–Trinajstić information content (AvgIpc) is 2.13. The van der Waals surface area contributed by atoms with Crippen LogP contribution in [0.4, 0.5) is 0 Å². The molecule has 0 heterocycles. The van der Waals surface area contributed by atoms with E-state index >= 15 is 0 Å². The minimum atomic E-state index is 1.24. The predicted octanol–water partition coefficient (Wildman–Crippen LogP) is 3.95. The molecule has 0 aliphatic rings. The Labute approximate surface area is 82.0 Å². The Kier molecular flexibility index (Phi) is 3.53. The fourth-order valence-corrected chi connectivity index (χ4v) is 1.65. The molecular weight excluding hydrogens is 156 g/mol. The largest absolute Gasteiger partial charge is 0.0654 e. The van der Waals surface area contributed by atoms with E-state index in [1.165, 1.54) is 41.5 Å². The van der Waals surface area contributed by atoms with Crippen LogP contribution in [0.5, 0.6) is 0 Å². The van der Waals surface area contributed by atoms with Crippen LogP contribution in [0.2, 0.25) is 0 Å². The first kappa shape index (κ1) is 10.3. The van der Waals surface area contributed by atoms with Gasteiger partial charge in [0.2, 0.25) is 0 Å². The molecule has 0 saturated heterocycles. The second kappa shape index (κ2) is 4.45. The van der Waals surface area contributed by atoms with Gasteiger partial charge in [0.05, 0.1) is 0 Å². The fraction of sp³-hybridized carbons (Fsp3) is 0.538. The summed E-state index contributed by atoms with van der Waals surface area (Å²) in [6, 6.07) is 4.53. The van der Waals surface area contributed by atoms with Crippen molar-refractivity contribution in [1.82, 2.24) is 0 Å². The quantitative estimate of drug-likeness (QED) is 0.654. The molecule has 0 saturated carbocycles. The monoisotopic (exact) mass is 176 g/mol. The molecule has 72 valence electrons. The summed E-state index contributed by atoms with van der Waals surface area (Å²) in [4.78, 5) is 0. The maximum absolute atomic E-state index is 2.29. The van der Waals surface area contributed by atoms with Crippen LogP contribution in [0.15, 0.2) is 12.1 Å². The van der Waals surface area contributed by atoms with E-state index in [4.69, 9.17) is 0 Å². The van der Waals surface area contributed by atoms with E-state index in [0.29, 0.717) is 0 Å². The van der Waals surface area contributed by atoms with Crippen LogP contribution in [-0.4, -0.2) is 0 Å². The molecule has 0 aromatic heterocycles. The van der Waals surface area contributed by atoms with Crippen molar-refractivity contribution in [2.45, 2.75) is 47.0 Å². The van der Waals surface area contributed by atoms with Gasteiger partial charge < -0.3 is 0 Å². The number of aryl methyl sites for hydroxylation is 2. The minimum Gasteiger partial charge on any atom is -0.0654 e. The molecular formula is C13H20. The van der Waals surface area contributed by atoms with Crippen molar-refractivity contribution < 1.29 is 0 Å². The Balaban J connectivity index is 2.90. The number of hydrogen-bond acceptors (Lipinski definition) is 0. The summed E-state index contributed by atoms with van der Waals surface area (Å²) < 4.78 is 0. The topological polar surface area (TPSA) is 0 Å². The minimum absolute atomic E-state index is 1.24. The van der Waals surface area contributed by atoms with E-state index in [1.807, 2.05) is 0 Å². The van der Waals surface area contributed by atoms with Gasteiger partial charge in [0.25, 0.3) is 0 Å². The van der Waals surface area contributed by atoms with Crippen molar-refractivity contribution in [2.24, 2.45) is 0 Å². The summed E-state index contributed by atoms with van der Waals surface area (Å²) in [6.45, 7) is 8.90. The number of hydrogen-bond donors (Lipinski definition) is 0. The third-order valence-electron chi connectivity index (χ3n) is 2.97. The normalized spacial score (nSPS) is 10.5. The van der Waals surface area contributed by atoms with Crippen LogP contribution in [-0.2, 0) is 6.42 Å². The molecule has 13 heavy (non-hydrogen) atoms. The van der Waals surface area contributed by atoms with Crippen LogP contribution < -0.4 is 0 Å². The van der Waals surface area contributed by atoms with E-state index < -0.39 is 0 Å². The lowest BCUT2D eigenvalue weighted by molar-refractivity contribution is 0.790. The maximum atomic E-state index is 2.29. The van der Waals surface area contributed by atoms with E-state index in [1.54, 1.807) is 0 Å². The molecule has 0 N–H and O–H groups in total. The molecule has 0 radical (unpaired) electrons. The molecule has 0 heteroatoms. The van der Waals surface area contributed by atoms with Crippen molar-refractivity contribution >= 4 is 0 Å². The predicted molar refractivity (Wildman–Crippen MR) is 59.3 cm³/mol. The van der Waals surface area contributed by atoms with E-state index in [-0.39, 0.29) is 0 Å². The molecule has 0 amide bonds. The summed E-state index contributed by atoms with van der Waals surface area (Å²) >= 11 is 0. The first-order valence-electron chi connectivity index (χ1n) is 5.22.